The van der Waals surface area contributed by atoms with Gasteiger partial charge in [0.1, 0.15) is 29.8 Å². The van der Waals surface area contributed by atoms with Crippen molar-refractivity contribution in [3.63, 3.8) is 0 Å². The second-order valence-corrected chi connectivity index (χ2v) is 4.65. The maximum atomic E-state index is 14.0. The zero-order valence-electron chi connectivity index (χ0n) is 11.0. The van der Waals surface area contributed by atoms with E-state index in [0.717, 1.165) is 12.1 Å². The molecule has 0 amide bonds. The zero-order chi connectivity index (χ0) is 14.7. The highest BCUT2D eigenvalue weighted by molar-refractivity contribution is 6.30. The van der Waals surface area contributed by atoms with Crippen molar-refractivity contribution in [3.05, 3.63) is 58.0 Å². The minimum atomic E-state index is -0.674. The molecule has 2 aromatic rings. The SMILES string of the molecule is CNC(c1ccc(COC)o1)c1cc(F)c(Cl)cc1F. The first kappa shape index (κ1) is 15.0. The van der Waals surface area contributed by atoms with Gasteiger partial charge in [-0.15, -0.1) is 0 Å². The fraction of sp³-hybridized carbons (Fsp3) is 0.286. The molecule has 3 nitrogen and oxygen atoms in total. The van der Waals surface area contributed by atoms with Gasteiger partial charge in [0.15, 0.2) is 0 Å². The van der Waals surface area contributed by atoms with E-state index in [1.165, 1.54) is 0 Å². The number of benzene rings is 1. The van der Waals surface area contributed by atoms with E-state index in [-0.39, 0.29) is 10.6 Å². The number of hydrogen-bond acceptors (Lipinski definition) is 3. The number of methoxy groups -OCH3 is 1. The summed E-state index contributed by atoms with van der Waals surface area (Å²) in [7, 11) is 3.18. The number of halogens is 3. The third kappa shape index (κ3) is 3.00. The largest absolute Gasteiger partial charge is 0.462 e. The summed E-state index contributed by atoms with van der Waals surface area (Å²) in [6.45, 7) is 0.313. The fourth-order valence-electron chi connectivity index (χ4n) is 1.98. The molecule has 0 saturated heterocycles. The third-order valence-electron chi connectivity index (χ3n) is 2.89. The normalized spacial score (nSPS) is 12.7. The van der Waals surface area contributed by atoms with Gasteiger partial charge in [0.2, 0.25) is 0 Å². The van der Waals surface area contributed by atoms with E-state index in [4.69, 9.17) is 20.8 Å². The van der Waals surface area contributed by atoms with Crippen LogP contribution in [0.25, 0.3) is 0 Å². The average Bonchev–Trinajstić information content (AvgIpc) is 2.85. The molecule has 2 rings (SSSR count). The van der Waals surface area contributed by atoms with Gasteiger partial charge >= 0.3 is 0 Å². The predicted molar refractivity (Wildman–Crippen MR) is 71.7 cm³/mol. The van der Waals surface area contributed by atoms with Crippen LogP contribution < -0.4 is 5.32 Å². The van der Waals surface area contributed by atoms with Gasteiger partial charge in [-0.1, -0.05) is 11.6 Å². The van der Waals surface area contributed by atoms with Crippen molar-refractivity contribution in [1.29, 1.82) is 0 Å². The number of furan rings is 1. The standard InChI is InChI=1S/C14H14ClF2NO2/c1-18-14(13-4-3-8(20-13)7-19-2)9-5-12(17)10(15)6-11(9)16/h3-6,14,18H,7H2,1-2H3. The van der Waals surface area contributed by atoms with Crippen molar-refractivity contribution in [2.24, 2.45) is 0 Å². The molecule has 20 heavy (non-hydrogen) atoms. The molecule has 108 valence electrons. The molecule has 0 aliphatic heterocycles. The maximum absolute atomic E-state index is 14.0. The summed E-state index contributed by atoms with van der Waals surface area (Å²) in [6.07, 6.45) is 0. The lowest BCUT2D eigenvalue weighted by molar-refractivity contribution is 0.162. The molecule has 0 fully saturated rings. The minimum Gasteiger partial charge on any atom is -0.462 e. The Morgan fingerprint density at radius 2 is 2.05 bits per heavy atom. The van der Waals surface area contributed by atoms with E-state index in [0.29, 0.717) is 18.1 Å². The minimum absolute atomic E-state index is 0.132. The Balaban J connectivity index is 2.38. The van der Waals surface area contributed by atoms with Crippen molar-refractivity contribution in [3.8, 4) is 0 Å². The topological polar surface area (TPSA) is 34.4 Å². The summed E-state index contributed by atoms with van der Waals surface area (Å²) in [4.78, 5) is 0. The lowest BCUT2D eigenvalue weighted by atomic mass is 10.0. The van der Waals surface area contributed by atoms with Gasteiger partial charge in [-0.3, -0.25) is 0 Å². The first-order valence-electron chi connectivity index (χ1n) is 5.96. The van der Waals surface area contributed by atoms with Crippen LogP contribution in [0, 0.1) is 11.6 Å². The van der Waals surface area contributed by atoms with E-state index in [2.05, 4.69) is 5.32 Å². The van der Waals surface area contributed by atoms with Gasteiger partial charge in [-0.25, -0.2) is 8.78 Å². The zero-order valence-corrected chi connectivity index (χ0v) is 11.8. The van der Waals surface area contributed by atoms with Gasteiger partial charge in [-0.2, -0.15) is 0 Å². The molecule has 1 aromatic heterocycles. The van der Waals surface area contributed by atoms with Crippen LogP contribution in [0.4, 0.5) is 8.78 Å². The summed E-state index contributed by atoms with van der Waals surface area (Å²) in [6, 6.07) is 4.84. The van der Waals surface area contributed by atoms with Crippen molar-refractivity contribution in [2.45, 2.75) is 12.6 Å². The summed E-state index contributed by atoms with van der Waals surface area (Å²) >= 11 is 5.55. The van der Waals surface area contributed by atoms with Gasteiger partial charge in [0.05, 0.1) is 11.1 Å². The Morgan fingerprint density at radius 3 is 2.70 bits per heavy atom. The number of rotatable bonds is 5. The Hall–Kier alpha value is -1.43. The van der Waals surface area contributed by atoms with E-state index in [9.17, 15) is 8.78 Å². The highest BCUT2D eigenvalue weighted by Crippen LogP contribution is 2.29. The Morgan fingerprint density at radius 1 is 1.30 bits per heavy atom. The number of ether oxygens (including phenoxy) is 1. The molecular weight excluding hydrogens is 288 g/mol. The summed E-state index contributed by atoms with van der Waals surface area (Å²) < 4.78 is 38.0. The van der Waals surface area contributed by atoms with Crippen LogP contribution in [-0.2, 0) is 11.3 Å². The van der Waals surface area contributed by atoms with Gasteiger partial charge < -0.3 is 14.5 Å². The molecule has 1 unspecified atom stereocenters. The molecule has 0 radical (unpaired) electrons. The smallest absolute Gasteiger partial charge is 0.142 e. The third-order valence-corrected chi connectivity index (χ3v) is 3.18. The van der Waals surface area contributed by atoms with Crippen LogP contribution in [0.3, 0.4) is 0 Å². The molecule has 0 spiro atoms. The summed E-state index contributed by atoms with van der Waals surface area (Å²) in [5.74, 6) is -0.190. The molecule has 0 aliphatic rings. The second kappa shape index (κ2) is 6.35. The van der Waals surface area contributed by atoms with E-state index >= 15 is 0 Å². The summed E-state index contributed by atoms with van der Waals surface area (Å²) in [5, 5.41) is 2.64. The average molecular weight is 302 g/mol. The molecular formula is C14H14ClF2NO2. The Bertz CT molecular complexity index is 601. The Kier molecular flexibility index (Phi) is 4.75. The summed E-state index contributed by atoms with van der Waals surface area (Å²) in [5.41, 5.74) is 0.132. The lowest BCUT2D eigenvalue weighted by Crippen LogP contribution is -2.18. The molecule has 1 N–H and O–H groups in total. The van der Waals surface area contributed by atoms with Crippen LogP contribution in [0.1, 0.15) is 23.1 Å². The van der Waals surface area contributed by atoms with Gasteiger partial charge in [0.25, 0.3) is 0 Å². The Labute approximate surface area is 120 Å². The van der Waals surface area contributed by atoms with Crippen LogP contribution in [-0.4, -0.2) is 14.2 Å². The highest BCUT2D eigenvalue weighted by atomic mass is 35.5. The molecule has 0 bridgehead atoms. The molecule has 0 saturated carbocycles. The van der Waals surface area contributed by atoms with Gasteiger partial charge in [-0.05, 0) is 31.3 Å². The van der Waals surface area contributed by atoms with Crippen LogP contribution in [0.2, 0.25) is 5.02 Å². The van der Waals surface area contributed by atoms with Crippen LogP contribution in [0.15, 0.2) is 28.7 Å². The number of hydrogen-bond donors (Lipinski definition) is 1. The van der Waals surface area contributed by atoms with E-state index in [1.807, 2.05) is 0 Å². The first-order chi connectivity index (χ1) is 9.56. The van der Waals surface area contributed by atoms with Crippen molar-refractivity contribution in [1.82, 2.24) is 5.32 Å². The van der Waals surface area contributed by atoms with Crippen molar-refractivity contribution in [2.75, 3.05) is 14.2 Å². The van der Waals surface area contributed by atoms with Crippen molar-refractivity contribution < 1.29 is 17.9 Å². The molecule has 6 heteroatoms. The number of nitrogens with one attached hydrogen (secondary N) is 1. The molecule has 1 atom stereocenters. The van der Waals surface area contributed by atoms with Crippen LogP contribution in [0.5, 0.6) is 0 Å². The predicted octanol–water partition coefficient (Wildman–Crippen LogP) is 3.67. The molecule has 1 aromatic carbocycles. The molecule has 0 aliphatic carbocycles. The highest BCUT2D eigenvalue weighted by Gasteiger charge is 2.21. The van der Waals surface area contributed by atoms with E-state index < -0.39 is 17.7 Å². The monoisotopic (exact) mass is 301 g/mol. The van der Waals surface area contributed by atoms with Crippen molar-refractivity contribution >= 4 is 11.6 Å². The second-order valence-electron chi connectivity index (χ2n) is 4.25. The van der Waals surface area contributed by atoms with E-state index in [1.54, 1.807) is 26.3 Å². The maximum Gasteiger partial charge on any atom is 0.142 e. The molecule has 1 heterocycles. The van der Waals surface area contributed by atoms with Gasteiger partial charge in [0, 0.05) is 12.7 Å². The first-order valence-corrected chi connectivity index (χ1v) is 6.34. The van der Waals surface area contributed by atoms with Crippen LogP contribution >= 0.6 is 11.6 Å². The fourth-order valence-corrected chi connectivity index (χ4v) is 2.13. The quantitative estimate of drug-likeness (QED) is 0.856. The lowest BCUT2D eigenvalue weighted by Gasteiger charge is -2.15.